The molecule has 10 heteroatoms. The molecule has 0 saturated carbocycles. The van der Waals surface area contributed by atoms with Crippen molar-refractivity contribution < 1.29 is 28.7 Å². The molecule has 0 aromatic heterocycles. The number of fused-ring (bicyclic) bond motifs is 14. The molecular formula is C24H40N4O6. The van der Waals surface area contributed by atoms with Gasteiger partial charge < -0.3 is 24.6 Å². The van der Waals surface area contributed by atoms with Crippen LogP contribution in [0.5, 0.6) is 0 Å². The van der Waals surface area contributed by atoms with Gasteiger partial charge in [0.05, 0.1) is 25.2 Å². The molecule has 3 rings (SSSR count). The molecule has 2 N–H and O–H groups in total. The molecule has 3 heterocycles. The van der Waals surface area contributed by atoms with E-state index in [-0.39, 0.29) is 56.4 Å². The van der Waals surface area contributed by atoms with E-state index in [1.807, 2.05) is 34.6 Å². The smallest absolute Gasteiger partial charge is 0.410 e. The van der Waals surface area contributed by atoms with E-state index < -0.39 is 23.3 Å². The van der Waals surface area contributed by atoms with Gasteiger partial charge in [-0.15, -0.1) is 0 Å². The molecule has 34 heavy (non-hydrogen) atoms. The van der Waals surface area contributed by atoms with Crippen LogP contribution in [-0.4, -0.2) is 97.1 Å². The van der Waals surface area contributed by atoms with Gasteiger partial charge in [-0.05, 0) is 45.8 Å². The molecule has 1 fully saturated rings. The lowest BCUT2D eigenvalue weighted by molar-refractivity contribution is -0.136. The van der Waals surface area contributed by atoms with E-state index in [1.54, 1.807) is 19.2 Å². The summed E-state index contributed by atoms with van der Waals surface area (Å²) in [5, 5.41) is 6.54. The zero-order valence-corrected chi connectivity index (χ0v) is 21.3. The van der Waals surface area contributed by atoms with E-state index in [9.17, 15) is 19.2 Å². The SMILES string of the molecule is CC(C)N[C@]1(C)CCCN(C)C(=O)OC/C=C/COC(=O)N2CC(C(=O)C(C)C)(C2)NCC1=O. The second kappa shape index (κ2) is 11.8. The number of hydrogen-bond donors (Lipinski definition) is 2. The minimum atomic E-state index is -0.971. The van der Waals surface area contributed by atoms with Gasteiger partial charge in [0.15, 0.2) is 11.6 Å². The molecule has 192 valence electrons. The maximum atomic E-state index is 13.4. The average Bonchev–Trinajstić information content (AvgIpc) is 2.73. The van der Waals surface area contributed by atoms with Crippen molar-refractivity contribution in [3.8, 4) is 0 Å². The Morgan fingerprint density at radius 2 is 1.65 bits per heavy atom. The van der Waals surface area contributed by atoms with Crippen LogP contribution in [0.1, 0.15) is 47.5 Å². The standard InChI is InChI=1S/C24H40N4O6/c1-17(2)20(30)24-15-28(16-24)22(32)34-13-8-7-12-33-21(31)27(6)11-9-10-23(5,26-18(3)4)19(29)14-25-24/h7-8,17-18,25-26H,9-16H2,1-6H3/b8-7+/t23-/m1/s1. The van der Waals surface area contributed by atoms with Gasteiger partial charge in [0, 0.05) is 25.6 Å². The predicted octanol–water partition coefficient (Wildman–Crippen LogP) is 1.74. The first-order chi connectivity index (χ1) is 15.9. The van der Waals surface area contributed by atoms with Crippen molar-refractivity contribution in [3.05, 3.63) is 12.2 Å². The average molecular weight is 481 g/mol. The summed E-state index contributed by atoms with van der Waals surface area (Å²) >= 11 is 0. The third-order valence-electron chi connectivity index (χ3n) is 6.24. The van der Waals surface area contributed by atoms with Crippen LogP contribution >= 0.6 is 0 Å². The van der Waals surface area contributed by atoms with E-state index in [1.165, 1.54) is 9.80 Å². The summed E-state index contributed by atoms with van der Waals surface area (Å²) in [5.41, 5.74) is -1.82. The highest BCUT2D eigenvalue weighted by molar-refractivity contribution is 5.95. The first kappa shape index (κ1) is 27.8. The molecule has 2 amide bonds. The van der Waals surface area contributed by atoms with E-state index in [0.717, 1.165) is 0 Å². The molecule has 1 saturated heterocycles. The molecule has 0 radical (unpaired) electrons. The number of ether oxygens (including phenoxy) is 2. The quantitative estimate of drug-likeness (QED) is 0.585. The third-order valence-corrected chi connectivity index (χ3v) is 6.24. The number of carbonyl (C=O) groups is 4. The maximum Gasteiger partial charge on any atom is 0.410 e. The lowest BCUT2D eigenvalue weighted by atomic mass is 9.80. The Kier molecular flexibility index (Phi) is 9.64. The summed E-state index contributed by atoms with van der Waals surface area (Å²) in [6.45, 7) is 10.2. The highest BCUT2D eigenvalue weighted by atomic mass is 16.6. The normalized spacial score (nSPS) is 29.0. The molecule has 1 atom stereocenters. The number of ketones is 2. The molecule has 2 bridgehead atoms. The van der Waals surface area contributed by atoms with E-state index in [4.69, 9.17) is 9.47 Å². The lowest BCUT2D eigenvalue weighted by Gasteiger charge is -2.49. The molecule has 0 aromatic carbocycles. The minimum absolute atomic E-state index is 0.0157. The van der Waals surface area contributed by atoms with Crippen molar-refractivity contribution in [2.75, 3.05) is 46.4 Å². The minimum Gasteiger partial charge on any atom is -0.445 e. The monoisotopic (exact) mass is 480 g/mol. The zero-order chi connectivity index (χ0) is 25.5. The molecule has 10 nitrogen and oxygen atoms in total. The van der Waals surface area contributed by atoms with Crippen LogP contribution in [-0.2, 0) is 19.1 Å². The number of Topliss-reactive ketones (excluding diaryl/α,β-unsaturated/α-hetero) is 2. The number of carbonyl (C=O) groups excluding carboxylic acids is 4. The van der Waals surface area contributed by atoms with Gasteiger partial charge in [-0.3, -0.25) is 14.9 Å². The topological polar surface area (TPSA) is 117 Å². The first-order valence-electron chi connectivity index (χ1n) is 11.9. The van der Waals surface area contributed by atoms with Crippen LogP contribution in [0.4, 0.5) is 9.59 Å². The highest BCUT2D eigenvalue weighted by Gasteiger charge is 2.52. The molecule has 3 aliphatic heterocycles. The number of amides is 2. The van der Waals surface area contributed by atoms with Crippen molar-refractivity contribution in [2.45, 2.75) is 64.6 Å². The Labute approximate surface area is 202 Å². The number of hydrogen-bond acceptors (Lipinski definition) is 8. The van der Waals surface area contributed by atoms with Crippen LogP contribution < -0.4 is 10.6 Å². The molecule has 3 aliphatic rings. The summed E-state index contributed by atoms with van der Waals surface area (Å²) in [6.07, 6.45) is 3.31. The summed E-state index contributed by atoms with van der Waals surface area (Å²) in [6, 6.07) is 0.0604. The van der Waals surface area contributed by atoms with Gasteiger partial charge in [-0.25, -0.2) is 9.59 Å². The largest absolute Gasteiger partial charge is 0.445 e. The summed E-state index contributed by atoms with van der Waals surface area (Å²) in [4.78, 5) is 53.8. The zero-order valence-electron chi connectivity index (χ0n) is 21.3. The molecule has 0 spiro atoms. The molecule has 0 aromatic rings. The van der Waals surface area contributed by atoms with Crippen LogP contribution in [0.25, 0.3) is 0 Å². The van der Waals surface area contributed by atoms with Gasteiger partial charge >= 0.3 is 12.2 Å². The Morgan fingerprint density at radius 1 is 1.06 bits per heavy atom. The van der Waals surface area contributed by atoms with E-state index >= 15 is 0 Å². The summed E-state index contributed by atoms with van der Waals surface area (Å²) in [7, 11) is 1.65. The van der Waals surface area contributed by atoms with Crippen molar-refractivity contribution in [3.63, 3.8) is 0 Å². The van der Waals surface area contributed by atoms with Gasteiger partial charge in [0.25, 0.3) is 0 Å². The lowest BCUT2D eigenvalue weighted by Crippen LogP contribution is -2.75. The first-order valence-corrected chi connectivity index (χ1v) is 11.9. The Bertz CT molecular complexity index is 790. The van der Waals surface area contributed by atoms with Crippen LogP contribution in [0.3, 0.4) is 0 Å². The Balaban J connectivity index is 2.23. The van der Waals surface area contributed by atoms with E-state index in [2.05, 4.69) is 10.6 Å². The Hall–Kier alpha value is -2.46. The van der Waals surface area contributed by atoms with Crippen LogP contribution in [0.15, 0.2) is 12.2 Å². The van der Waals surface area contributed by atoms with Crippen LogP contribution in [0.2, 0.25) is 0 Å². The van der Waals surface area contributed by atoms with Gasteiger partial charge in [0.2, 0.25) is 0 Å². The second-order valence-corrected chi connectivity index (χ2v) is 10.0. The van der Waals surface area contributed by atoms with Crippen molar-refractivity contribution in [1.82, 2.24) is 20.4 Å². The third kappa shape index (κ3) is 7.02. The summed E-state index contributed by atoms with van der Waals surface area (Å²) < 4.78 is 10.4. The van der Waals surface area contributed by atoms with Crippen molar-refractivity contribution >= 4 is 23.8 Å². The van der Waals surface area contributed by atoms with Gasteiger partial charge in [-0.2, -0.15) is 0 Å². The molecule has 0 aliphatic carbocycles. The predicted molar refractivity (Wildman–Crippen MR) is 128 cm³/mol. The van der Waals surface area contributed by atoms with Crippen molar-refractivity contribution in [2.24, 2.45) is 5.92 Å². The fourth-order valence-electron chi connectivity index (χ4n) is 4.35. The summed E-state index contributed by atoms with van der Waals surface area (Å²) in [5.74, 6) is -0.366. The fraction of sp³-hybridized carbons (Fsp3) is 0.750. The molecule has 0 unspecified atom stereocenters. The second-order valence-electron chi connectivity index (χ2n) is 10.0. The van der Waals surface area contributed by atoms with Gasteiger partial charge in [-0.1, -0.05) is 13.8 Å². The number of nitrogens with one attached hydrogen (secondary N) is 2. The van der Waals surface area contributed by atoms with E-state index in [0.29, 0.717) is 19.4 Å². The number of nitrogens with zero attached hydrogens (tertiary/aromatic N) is 2. The maximum absolute atomic E-state index is 13.4. The fourth-order valence-corrected chi connectivity index (χ4v) is 4.35. The molecular weight excluding hydrogens is 440 g/mol. The Morgan fingerprint density at radius 3 is 2.21 bits per heavy atom. The van der Waals surface area contributed by atoms with Crippen molar-refractivity contribution in [1.29, 1.82) is 0 Å². The van der Waals surface area contributed by atoms with Crippen LogP contribution in [0, 0.1) is 5.92 Å². The number of rotatable bonds is 4. The highest BCUT2D eigenvalue weighted by Crippen LogP contribution is 2.27. The van der Waals surface area contributed by atoms with Gasteiger partial charge in [0.1, 0.15) is 18.8 Å².